The van der Waals surface area contributed by atoms with Crippen molar-refractivity contribution in [2.45, 2.75) is 26.2 Å². The van der Waals surface area contributed by atoms with Gasteiger partial charge in [0.2, 0.25) is 0 Å². The highest BCUT2D eigenvalue weighted by Crippen LogP contribution is 2.17. The highest BCUT2D eigenvalue weighted by molar-refractivity contribution is 5.89. The normalized spacial score (nSPS) is 18.1. The summed E-state index contributed by atoms with van der Waals surface area (Å²) in [6.45, 7) is 3.76. The number of rotatable bonds is 4. The molecule has 1 fully saturated rings. The molecule has 1 heterocycles. The van der Waals surface area contributed by atoms with Gasteiger partial charge in [0.15, 0.2) is 0 Å². The summed E-state index contributed by atoms with van der Waals surface area (Å²) < 4.78 is 0. The summed E-state index contributed by atoms with van der Waals surface area (Å²) in [5, 5.41) is 11.5. The number of nitrogens with one attached hydrogen (secondary N) is 1. The molecule has 1 atom stereocenters. The SMILES string of the molecule is CC1CCN(C(=O)Nc2ccc(CCC(=O)O)cc2)C1. The van der Waals surface area contributed by atoms with E-state index in [1.807, 2.05) is 29.2 Å². The van der Waals surface area contributed by atoms with Crippen LogP contribution in [0.5, 0.6) is 0 Å². The van der Waals surface area contributed by atoms with Crippen molar-refractivity contribution in [3.63, 3.8) is 0 Å². The molecule has 0 spiro atoms. The highest BCUT2D eigenvalue weighted by Gasteiger charge is 2.22. The molecule has 0 aliphatic carbocycles. The Hall–Kier alpha value is -2.04. The number of aliphatic carboxylic acids is 1. The van der Waals surface area contributed by atoms with E-state index in [-0.39, 0.29) is 12.5 Å². The first kappa shape index (κ1) is 14.4. The Morgan fingerprint density at radius 1 is 1.35 bits per heavy atom. The molecule has 0 bridgehead atoms. The molecule has 1 aliphatic heterocycles. The summed E-state index contributed by atoms with van der Waals surface area (Å²) in [7, 11) is 0. The Morgan fingerprint density at radius 2 is 2.05 bits per heavy atom. The molecule has 108 valence electrons. The lowest BCUT2D eigenvalue weighted by atomic mass is 10.1. The van der Waals surface area contributed by atoms with Gasteiger partial charge in [0.05, 0.1) is 0 Å². The fraction of sp³-hybridized carbons (Fsp3) is 0.467. The molecule has 2 N–H and O–H groups in total. The monoisotopic (exact) mass is 276 g/mol. The molecule has 20 heavy (non-hydrogen) atoms. The number of hydrogen-bond donors (Lipinski definition) is 2. The lowest BCUT2D eigenvalue weighted by molar-refractivity contribution is -0.136. The van der Waals surface area contributed by atoms with Crippen molar-refractivity contribution >= 4 is 17.7 Å². The smallest absolute Gasteiger partial charge is 0.321 e. The Balaban J connectivity index is 1.87. The molecule has 1 saturated heterocycles. The second kappa shape index (κ2) is 6.41. The molecular formula is C15H20N2O3. The van der Waals surface area contributed by atoms with Crippen LogP contribution in [0.4, 0.5) is 10.5 Å². The Bertz CT molecular complexity index is 484. The first-order valence-electron chi connectivity index (χ1n) is 6.91. The van der Waals surface area contributed by atoms with Gasteiger partial charge in [-0.25, -0.2) is 4.79 Å². The fourth-order valence-electron chi connectivity index (χ4n) is 2.33. The molecule has 0 aromatic heterocycles. The summed E-state index contributed by atoms with van der Waals surface area (Å²) >= 11 is 0. The third kappa shape index (κ3) is 3.98. The van der Waals surface area contributed by atoms with Crippen LogP contribution in [0.3, 0.4) is 0 Å². The topological polar surface area (TPSA) is 69.6 Å². The maximum Gasteiger partial charge on any atom is 0.321 e. The van der Waals surface area contributed by atoms with Gasteiger partial charge in [0, 0.05) is 25.2 Å². The number of anilines is 1. The average Bonchev–Trinajstić information content (AvgIpc) is 2.85. The van der Waals surface area contributed by atoms with Crippen molar-refractivity contribution < 1.29 is 14.7 Å². The minimum absolute atomic E-state index is 0.0624. The number of urea groups is 1. The van der Waals surface area contributed by atoms with Gasteiger partial charge in [-0.2, -0.15) is 0 Å². The number of aryl methyl sites for hydroxylation is 1. The number of likely N-dealkylation sites (tertiary alicyclic amines) is 1. The van der Waals surface area contributed by atoms with Crippen molar-refractivity contribution in [1.82, 2.24) is 4.90 Å². The maximum atomic E-state index is 12.0. The van der Waals surface area contributed by atoms with Gasteiger partial charge in [-0.1, -0.05) is 19.1 Å². The second-order valence-corrected chi connectivity index (χ2v) is 5.36. The Kier molecular flexibility index (Phi) is 4.61. The standard InChI is InChI=1S/C15H20N2O3/c1-11-8-9-17(10-11)15(20)16-13-5-2-12(3-6-13)4-7-14(18)19/h2-3,5-6,11H,4,7-10H2,1H3,(H,16,20)(H,18,19). The molecule has 0 radical (unpaired) electrons. The summed E-state index contributed by atoms with van der Waals surface area (Å²) in [5.41, 5.74) is 1.70. The van der Waals surface area contributed by atoms with E-state index in [1.165, 1.54) is 0 Å². The van der Waals surface area contributed by atoms with Crippen molar-refractivity contribution in [3.05, 3.63) is 29.8 Å². The van der Waals surface area contributed by atoms with Crippen LogP contribution in [0.1, 0.15) is 25.3 Å². The van der Waals surface area contributed by atoms with Crippen molar-refractivity contribution in [2.75, 3.05) is 18.4 Å². The second-order valence-electron chi connectivity index (χ2n) is 5.36. The molecule has 1 aromatic carbocycles. The van der Waals surface area contributed by atoms with E-state index in [9.17, 15) is 9.59 Å². The van der Waals surface area contributed by atoms with Crippen LogP contribution in [-0.4, -0.2) is 35.1 Å². The summed E-state index contributed by atoms with van der Waals surface area (Å²) in [6.07, 6.45) is 1.69. The van der Waals surface area contributed by atoms with Gasteiger partial charge in [0.25, 0.3) is 0 Å². The van der Waals surface area contributed by atoms with Gasteiger partial charge in [0.1, 0.15) is 0 Å². The average molecular weight is 276 g/mol. The van der Waals surface area contributed by atoms with Crippen LogP contribution >= 0.6 is 0 Å². The van der Waals surface area contributed by atoms with Gasteiger partial charge < -0.3 is 15.3 Å². The molecule has 5 heteroatoms. The van der Waals surface area contributed by atoms with Gasteiger partial charge in [-0.3, -0.25) is 4.79 Å². The number of nitrogens with zero attached hydrogens (tertiary/aromatic N) is 1. The lowest BCUT2D eigenvalue weighted by Crippen LogP contribution is -2.32. The molecule has 5 nitrogen and oxygen atoms in total. The van der Waals surface area contributed by atoms with Crippen LogP contribution in [0, 0.1) is 5.92 Å². The number of amides is 2. The molecular weight excluding hydrogens is 256 g/mol. The van der Waals surface area contributed by atoms with Crippen LogP contribution in [0.2, 0.25) is 0 Å². The number of benzene rings is 1. The van der Waals surface area contributed by atoms with E-state index in [0.29, 0.717) is 12.3 Å². The van der Waals surface area contributed by atoms with Crippen molar-refractivity contribution in [1.29, 1.82) is 0 Å². The number of carbonyl (C=O) groups excluding carboxylic acids is 1. The third-order valence-electron chi connectivity index (χ3n) is 3.54. The molecule has 2 rings (SSSR count). The van der Waals surface area contributed by atoms with E-state index in [2.05, 4.69) is 12.2 Å². The Labute approximate surface area is 118 Å². The molecule has 1 aliphatic rings. The van der Waals surface area contributed by atoms with Crippen LogP contribution in [0.15, 0.2) is 24.3 Å². The number of carboxylic acid groups (broad SMARTS) is 1. The van der Waals surface area contributed by atoms with Crippen molar-refractivity contribution in [2.24, 2.45) is 5.92 Å². The predicted octanol–water partition coefficient (Wildman–Crippen LogP) is 2.58. The zero-order valence-electron chi connectivity index (χ0n) is 11.6. The first-order valence-corrected chi connectivity index (χ1v) is 6.91. The maximum absolute atomic E-state index is 12.0. The van der Waals surface area contributed by atoms with Gasteiger partial charge >= 0.3 is 12.0 Å². The highest BCUT2D eigenvalue weighted by atomic mass is 16.4. The zero-order valence-corrected chi connectivity index (χ0v) is 11.6. The molecule has 2 amide bonds. The van der Waals surface area contributed by atoms with Gasteiger partial charge in [-0.05, 0) is 36.5 Å². The molecule has 1 unspecified atom stereocenters. The van der Waals surface area contributed by atoms with E-state index in [4.69, 9.17) is 5.11 Å². The summed E-state index contributed by atoms with van der Waals surface area (Å²) in [4.78, 5) is 24.3. The van der Waals surface area contributed by atoms with Crippen molar-refractivity contribution in [3.8, 4) is 0 Å². The lowest BCUT2D eigenvalue weighted by Gasteiger charge is -2.16. The number of carboxylic acids is 1. The number of carbonyl (C=O) groups is 2. The van der Waals surface area contributed by atoms with E-state index < -0.39 is 5.97 Å². The predicted molar refractivity (Wildman–Crippen MR) is 76.8 cm³/mol. The summed E-state index contributed by atoms with van der Waals surface area (Å²) in [5.74, 6) is -0.232. The Morgan fingerprint density at radius 3 is 2.60 bits per heavy atom. The fourth-order valence-corrected chi connectivity index (χ4v) is 2.33. The van der Waals surface area contributed by atoms with E-state index >= 15 is 0 Å². The van der Waals surface area contributed by atoms with Crippen LogP contribution < -0.4 is 5.32 Å². The number of hydrogen-bond acceptors (Lipinski definition) is 2. The van der Waals surface area contributed by atoms with Gasteiger partial charge in [-0.15, -0.1) is 0 Å². The minimum atomic E-state index is -0.800. The van der Waals surface area contributed by atoms with E-state index in [0.717, 1.165) is 30.8 Å². The largest absolute Gasteiger partial charge is 0.481 e. The quantitative estimate of drug-likeness (QED) is 0.888. The minimum Gasteiger partial charge on any atom is -0.481 e. The molecule has 0 saturated carbocycles. The van der Waals surface area contributed by atoms with Crippen LogP contribution in [-0.2, 0) is 11.2 Å². The molecule has 1 aromatic rings. The third-order valence-corrected chi connectivity index (χ3v) is 3.54. The van der Waals surface area contributed by atoms with E-state index in [1.54, 1.807) is 0 Å². The zero-order chi connectivity index (χ0) is 14.5. The first-order chi connectivity index (χ1) is 9.54. The summed E-state index contributed by atoms with van der Waals surface area (Å²) in [6, 6.07) is 7.27. The van der Waals surface area contributed by atoms with Crippen LogP contribution in [0.25, 0.3) is 0 Å².